The molecule has 1 aromatic carbocycles. The van der Waals surface area contributed by atoms with Crippen molar-refractivity contribution in [3.63, 3.8) is 0 Å². The summed E-state index contributed by atoms with van der Waals surface area (Å²) in [6.45, 7) is 0.644. The van der Waals surface area contributed by atoms with Crippen LogP contribution in [-0.2, 0) is 4.79 Å². The molecule has 0 unspecified atom stereocenters. The third-order valence-corrected chi connectivity index (χ3v) is 5.08. The average molecular weight is 342 g/mol. The number of aromatic nitrogens is 1. The molecule has 1 aliphatic rings. The van der Waals surface area contributed by atoms with Gasteiger partial charge in [0, 0.05) is 24.5 Å². The summed E-state index contributed by atoms with van der Waals surface area (Å²) in [5.41, 5.74) is 1.67. The standard InChI is InChI=1S/C17H18N4O2S/c1-20(16(22)14-7-5-9-21(14)11-18)17-19-13(10-24-17)12-6-3-4-8-15(12)23-2/h3-4,6,8,10,14H,5,7,9H2,1-2H3/t14-/m0/s1. The second kappa shape index (κ2) is 6.89. The highest BCUT2D eigenvalue weighted by molar-refractivity contribution is 7.14. The van der Waals surface area contributed by atoms with E-state index in [2.05, 4.69) is 11.2 Å². The first-order chi connectivity index (χ1) is 11.7. The number of methoxy groups -OCH3 is 1. The van der Waals surface area contributed by atoms with E-state index in [4.69, 9.17) is 10.00 Å². The van der Waals surface area contributed by atoms with Crippen molar-refractivity contribution in [3.8, 4) is 23.2 Å². The average Bonchev–Trinajstić information content (AvgIpc) is 3.29. The summed E-state index contributed by atoms with van der Waals surface area (Å²) in [6, 6.07) is 7.27. The van der Waals surface area contributed by atoms with Crippen molar-refractivity contribution in [1.29, 1.82) is 5.26 Å². The Morgan fingerprint density at radius 1 is 1.50 bits per heavy atom. The second-order valence-electron chi connectivity index (χ2n) is 5.56. The van der Waals surface area contributed by atoms with Gasteiger partial charge < -0.3 is 4.74 Å². The number of nitriles is 1. The van der Waals surface area contributed by atoms with E-state index in [1.807, 2.05) is 29.6 Å². The molecule has 124 valence electrons. The number of para-hydroxylation sites is 1. The van der Waals surface area contributed by atoms with E-state index < -0.39 is 0 Å². The van der Waals surface area contributed by atoms with Crippen molar-refractivity contribution in [2.45, 2.75) is 18.9 Å². The molecule has 0 spiro atoms. The van der Waals surface area contributed by atoms with Crippen LogP contribution in [0.3, 0.4) is 0 Å². The third kappa shape index (κ3) is 2.93. The Labute approximate surface area is 144 Å². The van der Waals surface area contributed by atoms with Crippen molar-refractivity contribution in [3.05, 3.63) is 29.6 Å². The van der Waals surface area contributed by atoms with E-state index in [1.165, 1.54) is 11.3 Å². The van der Waals surface area contributed by atoms with Crippen LogP contribution < -0.4 is 9.64 Å². The molecule has 1 aliphatic heterocycles. The van der Waals surface area contributed by atoms with Gasteiger partial charge in [-0.3, -0.25) is 14.6 Å². The molecule has 0 N–H and O–H groups in total. The lowest BCUT2D eigenvalue weighted by atomic mass is 10.1. The van der Waals surface area contributed by atoms with Crippen LogP contribution in [0.4, 0.5) is 5.13 Å². The van der Waals surface area contributed by atoms with Gasteiger partial charge in [0.15, 0.2) is 11.3 Å². The zero-order valence-corrected chi connectivity index (χ0v) is 14.4. The number of anilines is 1. The number of hydrogen-bond donors (Lipinski definition) is 0. The quantitative estimate of drug-likeness (QED) is 0.799. The van der Waals surface area contributed by atoms with Crippen LogP contribution in [0.2, 0.25) is 0 Å². The molecule has 2 aromatic rings. The van der Waals surface area contributed by atoms with E-state index in [9.17, 15) is 4.79 Å². The minimum atomic E-state index is -0.376. The molecule has 1 saturated heterocycles. The normalized spacial score (nSPS) is 16.7. The molecule has 0 bridgehead atoms. The lowest BCUT2D eigenvalue weighted by Gasteiger charge is -2.22. The Morgan fingerprint density at radius 3 is 3.04 bits per heavy atom. The van der Waals surface area contributed by atoms with E-state index in [0.717, 1.165) is 23.4 Å². The zero-order chi connectivity index (χ0) is 17.1. The van der Waals surface area contributed by atoms with Crippen LogP contribution in [0.1, 0.15) is 12.8 Å². The highest BCUT2D eigenvalue weighted by atomic mass is 32.1. The largest absolute Gasteiger partial charge is 0.496 e. The molecule has 7 heteroatoms. The van der Waals surface area contributed by atoms with Gasteiger partial charge in [0.05, 0.1) is 12.8 Å². The highest BCUT2D eigenvalue weighted by Crippen LogP contribution is 2.33. The summed E-state index contributed by atoms with van der Waals surface area (Å²) >= 11 is 1.40. The topological polar surface area (TPSA) is 69.5 Å². The number of benzene rings is 1. The van der Waals surface area contributed by atoms with Crippen LogP contribution >= 0.6 is 11.3 Å². The molecule has 3 rings (SSSR count). The fourth-order valence-corrected chi connectivity index (χ4v) is 3.66. The number of nitrogens with zero attached hydrogens (tertiary/aromatic N) is 4. The molecule has 1 amide bonds. The van der Waals surface area contributed by atoms with Gasteiger partial charge in [-0.2, -0.15) is 5.26 Å². The molecule has 2 heterocycles. The molecular formula is C17H18N4O2S. The van der Waals surface area contributed by atoms with E-state index in [0.29, 0.717) is 18.1 Å². The Morgan fingerprint density at radius 2 is 2.29 bits per heavy atom. The molecule has 1 atom stereocenters. The first-order valence-electron chi connectivity index (χ1n) is 7.68. The van der Waals surface area contributed by atoms with Gasteiger partial charge in [-0.15, -0.1) is 11.3 Å². The summed E-state index contributed by atoms with van der Waals surface area (Å²) < 4.78 is 5.37. The molecule has 0 saturated carbocycles. The van der Waals surface area contributed by atoms with Gasteiger partial charge >= 0.3 is 0 Å². The van der Waals surface area contributed by atoms with Gasteiger partial charge in [-0.05, 0) is 25.0 Å². The maximum atomic E-state index is 12.7. The predicted molar refractivity (Wildman–Crippen MR) is 92.9 cm³/mol. The van der Waals surface area contributed by atoms with Gasteiger partial charge in [0.25, 0.3) is 5.91 Å². The van der Waals surface area contributed by atoms with Gasteiger partial charge in [0.2, 0.25) is 0 Å². The first-order valence-corrected chi connectivity index (χ1v) is 8.56. The van der Waals surface area contributed by atoms with Crippen molar-refractivity contribution in [2.24, 2.45) is 0 Å². The maximum Gasteiger partial charge on any atom is 0.251 e. The minimum absolute atomic E-state index is 0.0880. The summed E-state index contributed by atoms with van der Waals surface area (Å²) in [4.78, 5) is 20.3. The fraction of sp³-hybridized carbons (Fsp3) is 0.353. The number of hydrogen-bond acceptors (Lipinski definition) is 6. The number of carbonyl (C=O) groups is 1. The molecule has 1 fully saturated rings. The number of rotatable bonds is 4. The van der Waals surface area contributed by atoms with Gasteiger partial charge in [-0.25, -0.2) is 4.98 Å². The highest BCUT2D eigenvalue weighted by Gasteiger charge is 2.33. The fourth-order valence-electron chi connectivity index (χ4n) is 2.86. The first kappa shape index (κ1) is 16.3. The number of amides is 1. The number of likely N-dealkylation sites (N-methyl/N-ethyl adjacent to an activating group) is 1. The second-order valence-corrected chi connectivity index (χ2v) is 6.40. The summed E-state index contributed by atoms with van der Waals surface area (Å²) in [7, 11) is 3.33. The zero-order valence-electron chi connectivity index (χ0n) is 13.6. The lowest BCUT2D eigenvalue weighted by molar-refractivity contribution is -0.121. The molecule has 24 heavy (non-hydrogen) atoms. The Balaban J connectivity index is 1.82. The number of likely N-dealkylation sites (tertiary alicyclic amines) is 1. The smallest absolute Gasteiger partial charge is 0.251 e. The van der Waals surface area contributed by atoms with Crippen molar-refractivity contribution >= 4 is 22.4 Å². The predicted octanol–water partition coefficient (Wildman–Crippen LogP) is 2.73. The van der Waals surface area contributed by atoms with Gasteiger partial charge in [0.1, 0.15) is 11.8 Å². The van der Waals surface area contributed by atoms with E-state index in [1.54, 1.807) is 24.0 Å². The Kier molecular flexibility index (Phi) is 4.67. The summed E-state index contributed by atoms with van der Waals surface area (Å²) in [5, 5.41) is 11.7. The molecule has 6 nitrogen and oxygen atoms in total. The van der Waals surface area contributed by atoms with Crippen LogP contribution in [0.25, 0.3) is 11.3 Å². The number of thiazole rings is 1. The molecule has 0 aliphatic carbocycles. The summed E-state index contributed by atoms with van der Waals surface area (Å²) in [5.74, 6) is 0.657. The Hall–Kier alpha value is -2.59. The molecule has 1 aromatic heterocycles. The van der Waals surface area contributed by atoms with Crippen molar-refractivity contribution in [2.75, 3.05) is 25.6 Å². The maximum absolute atomic E-state index is 12.7. The van der Waals surface area contributed by atoms with Crippen LogP contribution in [-0.4, -0.2) is 42.5 Å². The number of ether oxygens (including phenoxy) is 1. The Bertz CT molecular complexity index is 783. The SMILES string of the molecule is COc1ccccc1-c1csc(N(C)C(=O)[C@@H]2CCCN2C#N)n1. The third-order valence-electron chi connectivity index (χ3n) is 4.16. The van der Waals surface area contributed by atoms with E-state index >= 15 is 0 Å². The van der Waals surface area contributed by atoms with E-state index in [-0.39, 0.29) is 11.9 Å². The van der Waals surface area contributed by atoms with Crippen molar-refractivity contribution < 1.29 is 9.53 Å². The number of carbonyl (C=O) groups excluding carboxylic acids is 1. The van der Waals surface area contributed by atoms with Crippen LogP contribution in [0.5, 0.6) is 5.75 Å². The minimum Gasteiger partial charge on any atom is -0.496 e. The van der Waals surface area contributed by atoms with Crippen molar-refractivity contribution in [1.82, 2.24) is 9.88 Å². The molecular weight excluding hydrogens is 324 g/mol. The summed E-state index contributed by atoms with van der Waals surface area (Å²) in [6.07, 6.45) is 3.67. The molecule has 0 radical (unpaired) electrons. The monoisotopic (exact) mass is 342 g/mol. The lowest BCUT2D eigenvalue weighted by Crippen LogP contribution is -2.42. The van der Waals surface area contributed by atoms with Crippen LogP contribution in [0, 0.1) is 11.5 Å². The van der Waals surface area contributed by atoms with Gasteiger partial charge in [-0.1, -0.05) is 12.1 Å². The van der Waals surface area contributed by atoms with Crippen LogP contribution in [0.15, 0.2) is 29.6 Å².